The lowest BCUT2D eigenvalue weighted by Crippen LogP contribution is -2.10. The number of hydrogen-bond acceptors (Lipinski definition) is 3. The Balaban J connectivity index is 1.75. The third-order valence-corrected chi connectivity index (χ3v) is 4.44. The molecule has 0 bridgehead atoms. The van der Waals surface area contributed by atoms with Crippen molar-refractivity contribution in [2.75, 3.05) is 11.9 Å². The summed E-state index contributed by atoms with van der Waals surface area (Å²) in [6.07, 6.45) is 5.13. The standard InChI is InChI=1S/C18H15NOS/c1-19-16-9-5-6-10-17(16)21-18(19)13-15(20)12-11-14-7-3-2-4-8-14/h2-13H,1H3/b12-11+,18-13-. The number of rotatable bonds is 3. The lowest BCUT2D eigenvalue weighted by molar-refractivity contribution is -0.110. The number of hydrogen-bond donors (Lipinski definition) is 0. The molecule has 0 saturated carbocycles. The van der Waals surface area contributed by atoms with Crippen molar-refractivity contribution in [1.29, 1.82) is 0 Å². The van der Waals surface area contributed by atoms with Crippen molar-refractivity contribution in [1.82, 2.24) is 0 Å². The highest BCUT2D eigenvalue weighted by molar-refractivity contribution is 8.03. The molecule has 3 heteroatoms. The number of para-hydroxylation sites is 1. The first-order valence-electron chi connectivity index (χ1n) is 6.73. The molecule has 1 aliphatic heterocycles. The third kappa shape index (κ3) is 3.09. The van der Waals surface area contributed by atoms with E-state index in [9.17, 15) is 4.79 Å². The van der Waals surface area contributed by atoms with E-state index in [-0.39, 0.29) is 5.78 Å². The third-order valence-electron chi connectivity index (χ3n) is 3.28. The second-order valence-electron chi connectivity index (χ2n) is 4.76. The molecular formula is C18H15NOS. The SMILES string of the molecule is CN1/C(=C/C(=O)/C=C/c2ccccc2)Sc2ccccc21. The van der Waals surface area contributed by atoms with Crippen molar-refractivity contribution in [3.63, 3.8) is 0 Å². The number of nitrogens with zero attached hydrogens (tertiary/aromatic N) is 1. The van der Waals surface area contributed by atoms with Crippen LogP contribution in [0.4, 0.5) is 5.69 Å². The summed E-state index contributed by atoms with van der Waals surface area (Å²) in [5.74, 6) is 0.000934. The molecule has 2 aromatic rings. The van der Waals surface area contributed by atoms with Crippen LogP contribution in [0.25, 0.3) is 6.08 Å². The Hall–Kier alpha value is -2.26. The molecule has 0 atom stereocenters. The van der Waals surface area contributed by atoms with Crippen LogP contribution in [0.5, 0.6) is 0 Å². The van der Waals surface area contributed by atoms with Gasteiger partial charge in [-0.2, -0.15) is 0 Å². The highest BCUT2D eigenvalue weighted by atomic mass is 32.2. The van der Waals surface area contributed by atoms with Crippen LogP contribution in [-0.2, 0) is 4.79 Å². The molecule has 2 aromatic carbocycles. The normalized spacial score (nSPS) is 15.7. The van der Waals surface area contributed by atoms with Gasteiger partial charge in [0, 0.05) is 18.0 Å². The van der Waals surface area contributed by atoms with Crippen LogP contribution in [0.15, 0.2) is 76.7 Å². The molecule has 0 radical (unpaired) electrons. The second-order valence-corrected chi connectivity index (χ2v) is 5.82. The van der Waals surface area contributed by atoms with Gasteiger partial charge in [0.1, 0.15) is 0 Å². The zero-order chi connectivity index (χ0) is 14.7. The summed E-state index contributed by atoms with van der Waals surface area (Å²) in [4.78, 5) is 15.3. The zero-order valence-corrected chi connectivity index (χ0v) is 12.5. The van der Waals surface area contributed by atoms with Crippen LogP contribution in [0, 0.1) is 0 Å². The average molecular weight is 293 g/mol. The first-order chi connectivity index (χ1) is 10.2. The summed E-state index contributed by atoms with van der Waals surface area (Å²) in [7, 11) is 1.98. The van der Waals surface area contributed by atoms with Crippen molar-refractivity contribution < 1.29 is 4.79 Å². The Kier molecular flexibility index (Phi) is 3.93. The van der Waals surface area contributed by atoms with Crippen molar-refractivity contribution in [2.24, 2.45) is 0 Å². The highest BCUT2D eigenvalue weighted by Gasteiger charge is 2.21. The largest absolute Gasteiger partial charge is 0.338 e. The fraction of sp³-hybridized carbons (Fsp3) is 0.0556. The Morgan fingerprint density at radius 3 is 2.52 bits per heavy atom. The van der Waals surface area contributed by atoms with E-state index in [4.69, 9.17) is 0 Å². The molecule has 104 valence electrons. The van der Waals surface area contributed by atoms with Crippen LogP contribution in [0.2, 0.25) is 0 Å². The van der Waals surface area contributed by atoms with Gasteiger partial charge in [-0.3, -0.25) is 4.79 Å². The number of ketones is 1. The topological polar surface area (TPSA) is 20.3 Å². The molecule has 0 fully saturated rings. The quantitative estimate of drug-likeness (QED) is 0.785. The molecule has 1 heterocycles. The van der Waals surface area contributed by atoms with Gasteiger partial charge in [-0.05, 0) is 23.8 Å². The summed E-state index contributed by atoms with van der Waals surface area (Å²) in [6.45, 7) is 0. The Morgan fingerprint density at radius 1 is 1.05 bits per heavy atom. The van der Waals surface area contributed by atoms with Crippen LogP contribution in [0.3, 0.4) is 0 Å². The summed E-state index contributed by atoms with van der Waals surface area (Å²) in [6, 6.07) is 18.0. The maximum atomic E-state index is 12.1. The van der Waals surface area contributed by atoms with Crippen LogP contribution in [0.1, 0.15) is 5.56 Å². The van der Waals surface area contributed by atoms with Gasteiger partial charge in [0.2, 0.25) is 0 Å². The number of carbonyl (C=O) groups excluding carboxylic acids is 1. The van der Waals surface area contributed by atoms with E-state index < -0.39 is 0 Å². The van der Waals surface area contributed by atoms with Crippen molar-refractivity contribution in [2.45, 2.75) is 4.90 Å². The lowest BCUT2D eigenvalue weighted by atomic mass is 10.2. The molecule has 3 rings (SSSR count). The second kappa shape index (κ2) is 6.02. The summed E-state index contributed by atoms with van der Waals surface area (Å²) in [5, 5.41) is 0.957. The molecule has 0 unspecified atom stereocenters. The fourth-order valence-electron chi connectivity index (χ4n) is 2.16. The maximum Gasteiger partial charge on any atom is 0.181 e. The number of benzene rings is 2. The number of carbonyl (C=O) groups is 1. The molecule has 1 aliphatic rings. The molecule has 0 N–H and O–H groups in total. The minimum Gasteiger partial charge on any atom is -0.338 e. The highest BCUT2D eigenvalue weighted by Crippen LogP contribution is 2.44. The first kappa shape index (κ1) is 13.7. The van der Waals surface area contributed by atoms with Crippen LogP contribution < -0.4 is 4.90 Å². The van der Waals surface area contributed by atoms with E-state index in [2.05, 4.69) is 12.1 Å². The number of anilines is 1. The van der Waals surface area contributed by atoms with E-state index in [1.54, 1.807) is 23.9 Å². The van der Waals surface area contributed by atoms with Gasteiger partial charge in [-0.1, -0.05) is 60.3 Å². The van der Waals surface area contributed by atoms with Gasteiger partial charge in [0.05, 0.1) is 10.7 Å². The average Bonchev–Trinajstić information content (AvgIpc) is 2.83. The van der Waals surface area contributed by atoms with Crippen LogP contribution >= 0.6 is 11.8 Å². The number of thioether (sulfide) groups is 1. The van der Waals surface area contributed by atoms with E-state index in [0.717, 1.165) is 16.3 Å². The van der Waals surface area contributed by atoms with Gasteiger partial charge in [-0.25, -0.2) is 0 Å². The van der Waals surface area contributed by atoms with Crippen LogP contribution in [-0.4, -0.2) is 12.8 Å². The maximum absolute atomic E-state index is 12.1. The summed E-state index contributed by atoms with van der Waals surface area (Å²) in [5.41, 5.74) is 2.17. The summed E-state index contributed by atoms with van der Waals surface area (Å²) >= 11 is 1.63. The number of fused-ring (bicyclic) bond motifs is 1. The van der Waals surface area contributed by atoms with E-state index in [1.807, 2.05) is 60.5 Å². The molecule has 21 heavy (non-hydrogen) atoms. The Morgan fingerprint density at radius 2 is 1.76 bits per heavy atom. The molecule has 0 aliphatic carbocycles. The molecule has 0 saturated heterocycles. The predicted molar refractivity (Wildman–Crippen MR) is 89.3 cm³/mol. The van der Waals surface area contributed by atoms with Gasteiger partial charge in [0.25, 0.3) is 0 Å². The van der Waals surface area contributed by atoms with Gasteiger partial charge >= 0.3 is 0 Å². The van der Waals surface area contributed by atoms with Gasteiger partial charge in [0.15, 0.2) is 5.78 Å². The monoisotopic (exact) mass is 293 g/mol. The summed E-state index contributed by atoms with van der Waals surface area (Å²) < 4.78 is 0. The number of allylic oxidation sites excluding steroid dienone is 2. The molecule has 0 spiro atoms. The molecular weight excluding hydrogens is 278 g/mol. The van der Waals surface area contributed by atoms with E-state index >= 15 is 0 Å². The minimum atomic E-state index is 0.000934. The first-order valence-corrected chi connectivity index (χ1v) is 7.55. The lowest BCUT2D eigenvalue weighted by Gasteiger charge is -2.12. The fourth-order valence-corrected chi connectivity index (χ4v) is 3.25. The minimum absolute atomic E-state index is 0.000934. The van der Waals surface area contributed by atoms with Gasteiger partial charge < -0.3 is 4.90 Å². The van der Waals surface area contributed by atoms with Crippen molar-refractivity contribution >= 4 is 29.3 Å². The molecule has 2 nitrogen and oxygen atoms in total. The van der Waals surface area contributed by atoms with E-state index in [0.29, 0.717) is 0 Å². The van der Waals surface area contributed by atoms with Gasteiger partial charge in [-0.15, -0.1) is 0 Å². The van der Waals surface area contributed by atoms with Crippen molar-refractivity contribution in [3.8, 4) is 0 Å². The predicted octanol–water partition coefficient (Wildman–Crippen LogP) is 4.35. The Labute approximate surface area is 128 Å². The Bertz CT molecular complexity index is 719. The van der Waals surface area contributed by atoms with E-state index in [1.165, 1.54) is 4.90 Å². The van der Waals surface area contributed by atoms with Crippen molar-refractivity contribution in [3.05, 3.63) is 77.3 Å². The zero-order valence-electron chi connectivity index (χ0n) is 11.7. The smallest absolute Gasteiger partial charge is 0.181 e. The molecule has 0 aromatic heterocycles. The molecule has 0 amide bonds.